The fourth-order valence-corrected chi connectivity index (χ4v) is 2.98. The van der Waals surface area contributed by atoms with E-state index < -0.39 is 5.22 Å². The van der Waals surface area contributed by atoms with E-state index in [0.717, 1.165) is 16.7 Å². The van der Waals surface area contributed by atoms with E-state index in [1.165, 1.54) is 12.8 Å². The molecule has 0 radical (unpaired) electrons. The summed E-state index contributed by atoms with van der Waals surface area (Å²) in [6, 6.07) is 0. The van der Waals surface area contributed by atoms with E-state index in [4.69, 9.17) is 0 Å². The summed E-state index contributed by atoms with van der Waals surface area (Å²) in [5.74, 6) is 0.620. The lowest BCUT2D eigenvalue weighted by atomic mass is 9.70. The van der Waals surface area contributed by atoms with Crippen LogP contribution in [0.3, 0.4) is 0 Å². The van der Waals surface area contributed by atoms with Gasteiger partial charge in [-0.1, -0.05) is 40.5 Å². The largest absolute Gasteiger partial charge is 0.394 e. The summed E-state index contributed by atoms with van der Waals surface area (Å²) in [6.45, 7) is 10.9. The molecule has 1 nitrogen and oxygen atoms in total. The lowest BCUT2D eigenvalue weighted by Crippen LogP contribution is -2.48. The van der Waals surface area contributed by atoms with Crippen LogP contribution in [0.25, 0.3) is 0 Å². The van der Waals surface area contributed by atoms with Crippen LogP contribution in [0.5, 0.6) is 0 Å². The topological polar surface area (TPSA) is 20.2 Å². The van der Waals surface area contributed by atoms with Crippen molar-refractivity contribution in [3.63, 3.8) is 0 Å². The zero-order valence-corrected chi connectivity index (χ0v) is 12.1. The van der Waals surface area contributed by atoms with Crippen LogP contribution in [-0.4, -0.2) is 20.6 Å². The Kier molecular flexibility index (Phi) is 4.67. The van der Waals surface area contributed by atoms with Gasteiger partial charge in [-0.15, -0.1) is 0 Å². The van der Waals surface area contributed by atoms with Gasteiger partial charge in [-0.2, -0.15) is 0 Å². The van der Waals surface area contributed by atoms with Gasteiger partial charge in [0.2, 0.25) is 0 Å². The minimum Gasteiger partial charge on any atom is -0.394 e. The molecule has 80 valence electrons. The van der Waals surface area contributed by atoms with Crippen LogP contribution in [0.15, 0.2) is 0 Å². The molecular weight excluding hydrogens is 176 g/mol. The smallest absolute Gasteiger partial charge is 0.0478 e. The molecule has 0 spiro atoms. The van der Waals surface area contributed by atoms with E-state index in [0.29, 0.717) is 5.92 Å². The molecule has 0 amide bonds. The van der Waals surface area contributed by atoms with Crippen molar-refractivity contribution < 1.29 is 5.11 Å². The molecule has 0 aromatic heterocycles. The summed E-state index contributed by atoms with van der Waals surface area (Å²) in [5, 5.41) is 9.76. The number of hydrogen-bond acceptors (Lipinski definition) is 1. The molecule has 0 saturated carbocycles. The Bertz CT molecular complexity index is 151. The second kappa shape index (κ2) is 4.60. The van der Waals surface area contributed by atoms with Crippen molar-refractivity contribution in [2.45, 2.75) is 59.1 Å². The van der Waals surface area contributed by atoms with Gasteiger partial charge in [0.15, 0.2) is 0 Å². The van der Waals surface area contributed by atoms with Gasteiger partial charge < -0.3 is 5.11 Å². The van der Waals surface area contributed by atoms with Crippen molar-refractivity contribution in [1.82, 2.24) is 0 Å². The van der Waals surface area contributed by atoms with Gasteiger partial charge in [-0.3, -0.25) is 0 Å². The standard InChI is InChI=1S/C11H26OSi/c1-6-8-9(3)10(4,7-2)11(5,12)13/h9,12H,6-8H2,1-5,13H3. The molecular formula is C11H26OSi. The van der Waals surface area contributed by atoms with Crippen molar-refractivity contribution in [2.24, 2.45) is 11.3 Å². The predicted octanol–water partition coefficient (Wildman–Crippen LogP) is 1.91. The molecule has 0 rings (SSSR count). The van der Waals surface area contributed by atoms with Crippen LogP contribution in [0.1, 0.15) is 53.9 Å². The van der Waals surface area contributed by atoms with E-state index in [2.05, 4.69) is 27.7 Å². The van der Waals surface area contributed by atoms with Crippen molar-refractivity contribution >= 4 is 10.2 Å². The predicted molar refractivity (Wildman–Crippen MR) is 63.0 cm³/mol. The highest BCUT2D eigenvalue weighted by Crippen LogP contribution is 2.41. The molecule has 2 heteroatoms. The second-order valence-electron chi connectivity index (χ2n) is 5.02. The van der Waals surface area contributed by atoms with Crippen molar-refractivity contribution in [3.05, 3.63) is 0 Å². The number of rotatable bonds is 5. The monoisotopic (exact) mass is 202 g/mol. The summed E-state index contributed by atoms with van der Waals surface area (Å²) >= 11 is 0. The lowest BCUT2D eigenvalue weighted by Gasteiger charge is -2.45. The van der Waals surface area contributed by atoms with Gasteiger partial charge in [-0.05, 0) is 24.7 Å². The average Bonchev–Trinajstić information content (AvgIpc) is 2.01. The Labute approximate surface area is 86.4 Å². The van der Waals surface area contributed by atoms with Gasteiger partial charge in [0, 0.05) is 15.5 Å². The summed E-state index contributed by atoms with van der Waals surface area (Å²) < 4.78 is 0. The fraction of sp³-hybridized carbons (Fsp3) is 1.00. The van der Waals surface area contributed by atoms with Gasteiger partial charge in [0.1, 0.15) is 0 Å². The summed E-state index contributed by atoms with van der Waals surface area (Å²) in [6.07, 6.45) is 3.52. The molecule has 3 unspecified atom stereocenters. The summed E-state index contributed by atoms with van der Waals surface area (Å²) in [7, 11) is 0.856. The van der Waals surface area contributed by atoms with Crippen molar-refractivity contribution in [3.8, 4) is 0 Å². The molecule has 0 bridgehead atoms. The Hall–Kier alpha value is 0.177. The van der Waals surface area contributed by atoms with E-state index in [-0.39, 0.29) is 5.41 Å². The lowest BCUT2D eigenvalue weighted by molar-refractivity contribution is -0.0308. The van der Waals surface area contributed by atoms with Gasteiger partial charge in [0.05, 0.1) is 0 Å². The van der Waals surface area contributed by atoms with E-state index in [1.54, 1.807) is 0 Å². The van der Waals surface area contributed by atoms with Crippen LogP contribution < -0.4 is 0 Å². The Balaban J connectivity index is 4.62. The number of hydrogen-bond donors (Lipinski definition) is 1. The van der Waals surface area contributed by atoms with Crippen molar-refractivity contribution in [2.75, 3.05) is 0 Å². The van der Waals surface area contributed by atoms with E-state index >= 15 is 0 Å². The third-order valence-corrected chi connectivity index (χ3v) is 5.08. The Morgan fingerprint density at radius 2 is 1.77 bits per heavy atom. The molecule has 0 fully saturated rings. The first kappa shape index (κ1) is 13.2. The van der Waals surface area contributed by atoms with Crippen LogP contribution in [0, 0.1) is 11.3 Å². The Morgan fingerprint density at radius 3 is 2.00 bits per heavy atom. The highest BCUT2D eigenvalue weighted by Gasteiger charge is 2.41. The molecule has 0 aliphatic rings. The summed E-state index contributed by atoms with van der Waals surface area (Å²) in [5.41, 5.74) is 0.106. The first-order valence-corrected chi connectivity index (χ1v) is 6.52. The zero-order valence-electron chi connectivity index (χ0n) is 10.1. The Morgan fingerprint density at radius 1 is 1.31 bits per heavy atom. The normalized spacial score (nSPS) is 23.5. The maximum Gasteiger partial charge on any atom is 0.0478 e. The maximum atomic E-state index is 10.2. The summed E-state index contributed by atoms with van der Waals surface area (Å²) in [4.78, 5) is 0. The first-order valence-electron chi connectivity index (χ1n) is 5.52. The molecule has 13 heavy (non-hydrogen) atoms. The van der Waals surface area contributed by atoms with E-state index in [9.17, 15) is 5.11 Å². The zero-order chi connectivity index (χ0) is 10.7. The van der Waals surface area contributed by atoms with Gasteiger partial charge in [-0.25, -0.2) is 0 Å². The molecule has 0 aliphatic heterocycles. The fourth-order valence-electron chi connectivity index (χ4n) is 2.14. The molecule has 3 atom stereocenters. The quantitative estimate of drug-likeness (QED) is 0.675. The molecule has 0 saturated heterocycles. The third kappa shape index (κ3) is 2.81. The molecule has 0 aromatic rings. The highest BCUT2D eigenvalue weighted by atomic mass is 28.1. The highest BCUT2D eigenvalue weighted by molar-refractivity contribution is 6.14. The van der Waals surface area contributed by atoms with Crippen LogP contribution in [-0.2, 0) is 0 Å². The molecule has 1 N–H and O–H groups in total. The molecule has 0 aliphatic carbocycles. The average molecular weight is 202 g/mol. The van der Waals surface area contributed by atoms with E-state index in [1.807, 2.05) is 6.92 Å². The van der Waals surface area contributed by atoms with Crippen LogP contribution in [0.4, 0.5) is 0 Å². The second-order valence-corrected chi connectivity index (χ2v) is 6.97. The SMILES string of the molecule is CCCC(C)C(C)(CC)C(C)(O)[SiH3]. The van der Waals surface area contributed by atoms with Gasteiger partial charge in [0.25, 0.3) is 0 Å². The minimum absolute atomic E-state index is 0.106. The number of aliphatic hydroxyl groups is 1. The van der Waals surface area contributed by atoms with Crippen LogP contribution in [0.2, 0.25) is 0 Å². The minimum atomic E-state index is -0.434. The molecule has 0 heterocycles. The van der Waals surface area contributed by atoms with Gasteiger partial charge >= 0.3 is 0 Å². The van der Waals surface area contributed by atoms with Crippen LogP contribution >= 0.6 is 0 Å². The maximum absolute atomic E-state index is 10.2. The first-order chi connectivity index (χ1) is 5.79. The molecule has 0 aromatic carbocycles. The third-order valence-electron chi connectivity index (χ3n) is 3.94. The van der Waals surface area contributed by atoms with Crippen molar-refractivity contribution in [1.29, 1.82) is 0 Å².